The Kier molecular flexibility index (Phi) is 5.44. The minimum absolute atomic E-state index is 0.682. The van der Waals surface area contributed by atoms with Crippen molar-refractivity contribution in [3.63, 3.8) is 0 Å². The van der Waals surface area contributed by atoms with Gasteiger partial charge < -0.3 is 15.0 Å². The first-order valence-electron chi connectivity index (χ1n) is 6.80. The van der Waals surface area contributed by atoms with E-state index in [2.05, 4.69) is 40.7 Å². The van der Waals surface area contributed by atoms with Crippen LogP contribution in [0.1, 0.15) is 10.4 Å². The molecule has 0 spiro atoms. The van der Waals surface area contributed by atoms with Gasteiger partial charge in [-0.2, -0.15) is 0 Å². The predicted octanol–water partition coefficient (Wildman–Crippen LogP) is 3.29. The minimum atomic E-state index is 0.682. The molecule has 0 aliphatic rings. The van der Waals surface area contributed by atoms with Crippen molar-refractivity contribution in [1.29, 1.82) is 0 Å². The molecule has 0 amide bonds. The van der Waals surface area contributed by atoms with Crippen molar-refractivity contribution >= 4 is 17.0 Å². The highest BCUT2D eigenvalue weighted by molar-refractivity contribution is 7.10. The number of aryl methyl sites for hydroxylation is 1. The molecule has 2 aromatic rings. The summed E-state index contributed by atoms with van der Waals surface area (Å²) in [6, 6.07) is 10.3. The number of ether oxygens (including phenoxy) is 1. The van der Waals surface area contributed by atoms with Gasteiger partial charge >= 0.3 is 0 Å². The van der Waals surface area contributed by atoms with Crippen LogP contribution >= 0.6 is 11.3 Å². The average Bonchev–Trinajstić information content (AvgIpc) is 2.84. The average molecular weight is 290 g/mol. The van der Waals surface area contributed by atoms with E-state index < -0.39 is 0 Å². The maximum absolute atomic E-state index is 5.76. The zero-order valence-electron chi connectivity index (χ0n) is 12.3. The van der Waals surface area contributed by atoms with Gasteiger partial charge in [0.1, 0.15) is 12.4 Å². The molecule has 0 radical (unpaired) electrons. The van der Waals surface area contributed by atoms with E-state index in [1.54, 1.807) is 11.3 Å². The molecule has 1 aromatic heterocycles. The summed E-state index contributed by atoms with van der Waals surface area (Å²) in [7, 11) is 4.06. The first kappa shape index (κ1) is 14.9. The van der Waals surface area contributed by atoms with Gasteiger partial charge in [-0.15, -0.1) is 11.3 Å². The van der Waals surface area contributed by atoms with E-state index in [1.165, 1.54) is 10.4 Å². The van der Waals surface area contributed by atoms with Crippen LogP contribution in [0.5, 0.6) is 5.75 Å². The molecule has 1 aromatic carbocycles. The zero-order chi connectivity index (χ0) is 14.4. The quantitative estimate of drug-likeness (QED) is 0.792. The van der Waals surface area contributed by atoms with Crippen LogP contribution in [0.15, 0.2) is 35.7 Å². The fourth-order valence-corrected chi connectivity index (χ4v) is 2.76. The molecule has 0 unspecified atom stereocenters. The number of hydrogen-bond acceptors (Lipinski definition) is 4. The van der Waals surface area contributed by atoms with Gasteiger partial charge in [-0.05, 0) is 36.1 Å². The molecule has 20 heavy (non-hydrogen) atoms. The molecular formula is C16H22N2OS. The molecule has 0 fully saturated rings. The summed E-state index contributed by atoms with van der Waals surface area (Å²) in [5.41, 5.74) is 2.52. The molecule has 0 saturated heterocycles. The van der Waals surface area contributed by atoms with Gasteiger partial charge in [0.25, 0.3) is 0 Å². The lowest BCUT2D eigenvalue weighted by molar-refractivity contribution is 0.314. The van der Waals surface area contributed by atoms with Gasteiger partial charge in [0.15, 0.2) is 0 Å². The van der Waals surface area contributed by atoms with Crippen LogP contribution in [0.2, 0.25) is 0 Å². The topological polar surface area (TPSA) is 24.5 Å². The number of benzene rings is 1. The molecule has 0 aliphatic heterocycles. The van der Waals surface area contributed by atoms with Gasteiger partial charge in [0.2, 0.25) is 0 Å². The number of rotatable bonds is 7. The molecule has 0 saturated carbocycles. The highest BCUT2D eigenvalue weighted by atomic mass is 32.1. The second-order valence-electron chi connectivity index (χ2n) is 4.94. The Labute approximate surface area is 125 Å². The van der Waals surface area contributed by atoms with Crippen LogP contribution in [0.3, 0.4) is 0 Å². The predicted molar refractivity (Wildman–Crippen MR) is 87.0 cm³/mol. The molecular weight excluding hydrogens is 268 g/mol. The number of nitrogens with zero attached hydrogens (tertiary/aromatic N) is 1. The van der Waals surface area contributed by atoms with Crippen LogP contribution in [0.25, 0.3) is 0 Å². The van der Waals surface area contributed by atoms with E-state index >= 15 is 0 Å². The van der Waals surface area contributed by atoms with E-state index in [-0.39, 0.29) is 0 Å². The molecule has 1 N–H and O–H groups in total. The summed E-state index contributed by atoms with van der Waals surface area (Å²) in [6.07, 6.45) is 0. The first-order chi connectivity index (χ1) is 9.66. The standard InChI is InChI=1S/C16H22N2OS/c1-13-7-10-20-16(13)12-17-8-9-19-15-6-4-5-14(11-15)18(2)3/h4-7,10-11,17H,8-9,12H2,1-3H3. The van der Waals surface area contributed by atoms with Crippen molar-refractivity contribution in [1.82, 2.24) is 5.32 Å². The lowest BCUT2D eigenvalue weighted by Crippen LogP contribution is -2.20. The number of anilines is 1. The molecule has 0 atom stereocenters. The Morgan fingerprint density at radius 2 is 2.10 bits per heavy atom. The Balaban J connectivity index is 1.71. The normalized spacial score (nSPS) is 10.6. The van der Waals surface area contributed by atoms with E-state index in [0.717, 1.165) is 24.5 Å². The minimum Gasteiger partial charge on any atom is -0.492 e. The van der Waals surface area contributed by atoms with Crippen molar-refractivity contribution in [2.24, 2.45) is 0 Å². The Bertz CT molecular complexity index is 537. The van der Waals surface area contributed by atoms with E-state index in [0.29, 0.717) is 6.61 Å². The molecule has 2 rings (SSSR count). The Morgan fingerprint density at radius 3 is 2.80 bits per heavy atom. The van der Waals surface area contributed by atoms with E-state index in [4.69, 9.17) is 4.74 Å². The SMILES string of the molecule is Cc1ccsc1CNCCOc1cccc(N(C)C)c1. The van der Waals surface area contributed by atoms with Crippen molar-refractivity contribution in [3.8, 4) is 5.75 Å². The summed E-state index contributed by atoms with van der Waals surface area (Å²) in [5, 5.41) is 5.55. The fraction of sp³-hybridized carbons (Fsp3) is 0.375. The fourth-order valence-electron chi connectivity index (χ4n) is 1.88. The molecule has 4 heteroatoms. The smallest absolute Gasteiger partial charge is 0.121 e. The maximum atomic E-state index is 5.76. The summed E-state index contributed by atoms with van der Waals surface area (Å²) in [4.78, 5) is 3.48. The summed E-state index contributed by atoms with van der Waals surface area (Å²) in [6.45, 7) is 4.60. The second kappa shape index (κ2) is 7.31. The van der Waals surface area contributed by atoms with Gasteiger partial charge in [0, 0.05) is 43.8 Å². The first-order valence-corrected chi connectivity index (χ1v) is 7.68. The third kappa shape index (κ3) is 4.25. The number of nitrogens with one attached hydrogen (secondary N) is 1. The molecule has 0 aliphatic carbocycles. The third-order valence-electron chi connectivity index (χ3n) is 3.14. The highest BCUT2D eigenvalue weighted by Crippen LogP contribution is 2.19. The van der Waals surface area contributed by atoms with Crippen molar-refractivity contribution in [2.45, 2.75) is 13.5 Å². The number of thiophene rings is 1. The largest absolute Gasteiger partial charge is 0.492 e. The van der Waals surface area contributed by atoms with Gasteiger partial charge in [-0.25, -0.2) is 0 Å². The molecule has 108 valence electrons. The van der Waals surface area contributed by atoms with Gasteiger partial charge in [-0.1, -0.05) is 6.07 Å². The zero-order valence-corrected chi connectivity index (χ0v) is 13.2. The molecule has 0 bridgehead atoms. The van der Waals surface area contributed by atoms with E-state index in [1.807, 2.05) is 26.2 Å². The van der Waals surface area contributed by atoms with Crippen molar-refractivity contribution in [2.75, 3.05) is 32.1 Å². The lowest BCUT2D eigenvalue weighted by Gasteiger charge is -2.14. The van der Waals surface area contributed by atoms with Gasteiger partial charge in [0.05, 0.1) is 0 Å². The summed E-state index contributed by atoms with van der Waals surface area (Å²) >= 11 is 1.80. The maximum Gasteiger partial charge on any atom is 0.121 e. The van der Waals surface area contributed by atoms with Crippen LogP contribution in [0.4, 0.5) is 5.69 Å². The Morgan fingerprint density at radius 1 is 1.25 bits per heavy atom. The van der Waals surface area contributed by atoms with Crippen LogP contribution in [0, 0.1) is 6.92 Å². The number of hydrogen-bond donors (Lipinski definition) is 1. The molecule has 1 heterocycles. The summed E-state index contributed by atoms with van der Waals surface area (Å²) < 4.78 is 5.76. The van der Waals surface area contributed by atoms with Crippen LogP contribution in [-0.2, 0) is 6.54 Å². The van der Waals surface area contributed by atoms with E-state index in [9.17, 15) is 0 Å². The van der Waals surface area contributed by atoms with Gasteiger partial charge in [-0.3, -0.25) is 0 Å². The highest BCUT2D eigenvalue weighted by Gasteiger charge is 2.00. The van der Waals surface area contributed by atoms with Crippen molar-refractivity contribution in [3.05, 3.63) is 46.2 Å². The van der Waals surface area contributed by atoms with Crippen LogP contribution < -0.4 is 15.0 Å². The van der Waals surface area contributed by atoms with Crippen molar-refractivity contribution < 1.29 is 4.74 Å². The second-order valence-corrected chi connectivity index (χ2v) is 5.94. The molecule has 3 nitrogen and oxygen atoms in total. The lowest BCUT2D eigenvalue weighted by atomic mass is 10.3. The summed E-state index contributed by atoms with van der Waals surface area (Å²) in [5.74, 6) is 0.922. The van der Waals surface area contributed by atoms with Crippen LogP contribution in [-0.4, -0.2) is 27.2 Å². The monoisotopic (exact) mass is 290 g/mol. The third-order valence-corrected chi connectivity index (χ3v) is 4.16. The Hall–Kier alpha value is -1.52.